The lowest BCUT2D eigenvalue weighted by Crippen LogP contribution is -1.81. The minimum absolute atomic E-state index is 1.27. The summed E-state index contributed by atoms with van der Waals surface area (Å²) in [7, 11) is 0. The first-order chi connectivity index (χ1) is 7.90. The van der Waals surface area contributed by atoms with E-state index >= 15 is 0 Å². The Morgan fingerprint density at radius 2 is 1.81 bits per heavy atom. The Bertz CT molecular complexity index is 395. The quantitative estimate of drug-likeness (QED) is 0.584. The van der Waals surface area contributed by atoms with E-state index in [-0.39, 0.29) is 0 Å². The van der Waals surface area contributed by atoms with Crippen molar-refractivity contribution >= 4 is 21.4 Å². The topological polar surface area (TPSA) is 0 Å². The van der Waals surface area contributed by atoms with Crippen LogP contribution in [0.15, 0.2) is 30.3 Å². The number of benzene rings is 1. The van der Waals surface area contributed by atoms with Crippen molar-refractivity contribution in [1.82, 2.24) is 0 Å². The average Bonchev–Trinajstić information content (AvgIpc) is 2.71. The van der Waals surface area contributed by atoms with E-state index in [0.29, 0.717) is 0 Å². The first-order valence-electron chi connectivity index (χ1n) is 6.37. The van der Waals surface area contributed by atoms with Crippen molar-refractivity contribution in [2.24, 2.45) is 0 Å². The van der Waals surface area contributed by atoms with Crippen LogP contribution in [0, 0.1) is 0 Å². The fourth-order valence-corrected chi connectivity index (χ4v) is 3.17. The second kappa shape index (κ2) is 6.05. The molecule has 0 unspecified atom stereocenters. The lowest BCUT2D eigenvalue weighted by atomic mass is 10.1. The minimum atomic E-state index is 1.27. The van der Waals surface area contributed by atoms with Crippen LogP contribution in [0.1, 0.15) is 43.9 Å². The molecule has 86 valence electrons. The summed E-state index contributed by atoms with van der Waals surface area (Å²) in [4.78, 5) is 1.55. The van der Waals surface area contributed by atoms with Crippen LogP contribution in [0.2, 0.25) is 0 Å². The Morgan fingerprint density at radius 1 is 1.00 bits per heavy atom. The third-order valence-electron chi connectivity index (χ3n) is 3.00. The SMILES string of the molecule is CCCCCCCc1cc2ccccc2s1. The third kappa shape index (κ3) is 3.08. The van der Waals surface area contributed by atoms with E-state index in [1.807, 2.05) is 11.3 Å². The Balaban J connectivity index is 1.85. The fourth-order valence-electron chi connectivity index (χ4n) is 2.06. The van der Waals surface area contributed by atoms with Crippen molar-refractivity contribution in [3.63, 3.8) is 0 Å². The van der Waals surface area contributed by atoms with Crippen LogP contribution in [-0.2, 0) is 6.42 Å². The molecule has 0 N–H and O–H groups in total. The van der Waals surface area contributed by atoms with E-state index in [4.69, 9.17) is 0 Å². The van der Waals surface area contributed by atoms with Crippen LogP contribution in [0.5, 0.6) is 0 Å². The van der Waals surface area contributed by atoms with Crippen LogP contribution in [-0.4, -0.2) is 0 Å². The van der Waals surface area contributed by atoms with Gasteiger partial charge in [0, 0.05) is 9.58 Å². The van der Waals surface area contributed by atoms with E-state index in [1.54, 1.807) is 4.88 Å². The highest BCUT2D eigenvalue weighted by atomic mass is 32.1. The van der Waals surface area contributed by atoms with Crippen LogP contribution in [0.4, 0.5) is 0 Å². The summed E-state index contributed by atoms with van der Waals surface area (Å²) in [5, 5.41) is 1.41. The van der Waals surface area contributed by atoms with Gasteiger partial charge in [-0.25, -0.2) is 0 Å². The molecular weight excluding hydrogens is 212 g/mol. The van der Waals surface area contributed by atoms with Gasteiger partial charge in [0.1, 0.15) is 0 Å². The molecule has 1 aromatic carbocycles. The Labute approximate surface area is 102 Å². The molecule has 1 heterocycles. The monoisotopic (exact) mass is 232 g/mol. The second-order valence-electron chi connectivity index (χ2n) is 4.41. The van der Waals surface area contributed by atoms with Gasteiger partial charge in [-0.2, -0.15) is 0 Å². The smallest absolute Gasteiger partial charge is 0.0345 e. The number of thiophene rings is 1. The average molecular weight is 232 g/mol. The number of rotatable bonds is 6. The van der Waals surface area contributed by atoms with Gasteiger partial charge in [0.25, 0.3) is 0 Å². The maximum absolute atomic E-state index is 2.36. The predicted octanol–water partition coefficient (Wildman–Crippen LogP) is 5.41. The Hall–Kier alpha value is -0.820. The zero-order valence-corrected chi connectivity index (χ0v) is 10.9. The van der Waals surface area contributed by atoms with E-state index in [1.165, 1.54) is 48.6 Å². The molecule has 1 heteroatoms. The van der Waals surface area contributed by atoms with Gasteiger partial charge in [0.2, 0.25) is 0 Å². The molecule has 0 atom stereocenters. The second-order valence-corrected chi connectivity index (χ2v) is 5.58. The van der Waals surface area contributed by atoms with Crippen molar-refractivity contribution in [2.45, 2.75) is 45.4 Å². The molecule has 2 rings (SSSR count). The number of aryl methyl sites for hydroxylation is 1. The van der Waals surface area contributed by atoms with E-state index in [0.717, 1.165) is 0 Å². The molecule has 0 saturated carbocycles. The largest absolute Gasteiger partial charge is 0.140 e. The highest BCUT2D eigenvalue weighted by Crippen LogP contribution is 2.26. The van der Waals surface area contributed by atoms with Gasteiger partial charge < -0.3 is 0 Å². The lowest BCUT2D eigenvalue weighted by Gasteiger charge is -1.97. The molecule has 0 aliphatic heterocycles. The molecule has 0 aliphatic rings. The van der Waals surface area contributed by atoms with Crippen molar-refractivity contribution in [3.8, 4) is 0 Å². The molecule has 1 aromatic heterocycles. The maximum atomic E-state index is 2.36. The van der Waals surface area contributed by atoms with Gasteiger partial charge in [0.15, 0.2) is 0 Å². The number of fused-ring (bicyclic) bond motifs is 1. The summed E-state index contributed by atoms with van der Waals surface area (Å²) in [6.45, 7) is 2.27. The van der Waals surface area contributed by atoms with Gasteiger partial charge in [-0.1, -0.05) is 50.8 Å². The highest BCUT2D eigenvalue weighted by Gasteiger charge is 2.00. The van der Waals surface area contributed by atoms with E-state index in [9.17, 15) is 0 Å². The number of hydrogen-bond acceptors (Lipinski definition) is 1. The Morgan fingerprint density at radius 3 is 2.62 bits per heavy atom. The fraction of sp³-hybridized carbons (Fsp3) is 0.467. The summed E-state index contributed by atoms with van der Waals surface area (Å²) in [5.74, 6) is 0. The summed E-state index contributed by atoms with van der Waals surface area (Å²) < 4.78 is 1.44. The zero-order valence-electron chi connectivity index (χ0n) is 10.0. The van der Waals surface area contributed by atoms with E-state index < -0.39 is 0 Å². The maximum Gasteiger partial charge on any atom is 0.0345 e. The molecule has 0 spiro atoms. The molecule has 0 saturated heterocycles. The summed E-state index contributed by atoms with van der Waals surface area (Å²) in [5.41, 5.74) is 0. The molecular formula is C15H20S. The molecule has 2 aromatic rings. The standard InChI is InChI=1S/C15H20S/c1-2-3-4-5-6-10-14-12-13-9-7-8-11-15(13)16-14/h7-9,11-12H,2-6,10H2,1H3. The van der Waals surface area contributed by atoms with Gasteiger partial charge in [0.05, 0.1) is 0 Å². The summed E-state index contributed by atoms with van der Waals surface area (Å²) >= 11 is 1.96. The summed E-state index contributed by atoms with van der Waals surface area (Å²) in [6, 6.07) is 11.1. The Kier molecular flexibility index (Phi) is 4.41. The van der Waals surface area contributed by atoms with E-state index in [2.05, 4.69) is 37.3 Å². The van der Waals surface area contributed by atoms with Crippen molar-refractivity contribution in [3.05, 3.63) is 35.2 Å². The number of hydrogen-bond donors (Lipinski definition) is 0. The lowest BCUT2D eigenvalue weighted by molar-refractivity contribution is 0.634. The third-order valence-corrected chi connectivity index (χ3v) is 4.18. The highest BCUT2D eigenvalue weighted by molar-refractivity contribution is 7.19. The van der Waals surface area contributed by atoms with Gasteiger partial charge in [-0.15, -0.1) is 11.3 Å². The molecule has 0 radical (unpaired) electrons. The van der Waals surface area contributed by atoms with Gasteiger partial charge in [-0.3, -0.25) is 0 Å². The predicted molar refractivity (Wildman–Crippen MR) is 74.3 cm³/mol. The van der Waals surface area contributed by atoms with Crippen molar-refractivity contribution in [1.29, 1.82) is 0 Å². The van der Waals surface area contributed by atoms with Crippen LogP contribution in [0.25, 0.3) is 10.1 Å². The van der Waals surface area contributed by atoms with Crippen LogP contribution in [0.3, 0.4) is 0 Å². The van der Waals surface area contributed by atoms with Crippen molar-refractivity contribution < 1.29 is 0 Å². The summed E-state index contributed by atoms with van der Waals surface area (Å²) in [6.07, 6.45) is 8.15. The first kappa shape index (κ1) is 11.7. The van der Waals surface area contributed by atoms with Crippen LogP contribution >= 0.6 is 11.3 Å². The normalized spacial score (nSPS) is 11.1. The molecule has 16 heavy (non-hydrogen) atoms. The van der Waals surface area contributed by atoms with Gasteiger partial charge in [-0.05, 0) is 30.4 Å². The molecule has 0 amide bonds. The molecule has 0 aliphatic carbocycles. The molecule has 0 bridgehead atoms. The van der Waals surface area contributed by atoms with Crippen LogP contribution < -0.4 is 0 Å². The first-order valence-corrected chi connectivity index (χ1v) is 7.19. The minimum Gasteiger partial charge on any atom is -0.140 e. The van der Waals surface area contributed by atoms with Gasteiger partial charge >= 0.3 is 0 Å². The molecule has 0 fully saturated rings. The molecule has 0 nitrogen and oxygen atoms in total. The number of unbranched alkanes of at least 4 members (excludes halogenated alkanes) is 4. The zero-order chi connectivity index (χ0) is 11.2. The van der Waals surface area contributed by atoms with Crippen molar-refractivity contribution in [2.75, 3.05) is 0 Å².